The monoisotopic (exact) mass is 216 g/mol. The van der Waals surface area contributed by atoms with E-state index in [1.54, 1.807) is 0 Å². The highest BCUT2D eigenvalue weighted by molar-refractivity contribution is 6.89. The first kappa shape index (κ1) is 12.6. The first-order valence-electron chi connectivity index (χ1n) is 4.63. The molecule has 13 heavy (non-hydrogen) atoms. The van der Waals surface area contributed by atoms with Crippen LogP contribution in [-0.4, -0.2) is 31.4 Å². The first-order chi connectivity index (χ1) is 5.87. The van der Waals surface area contributed by atoms with Gasteiger partial charge in [-0.25, -0.2) is 4.79 Å². The summed E-state index contributed by atoms with van der Waals surface area (Å²) in [5, 5.41) is 0.955. The Bertz CT molecular complexity index is 220. The van der Waals surface area contributed by atoms with E-state index in [9.17, 15) is 4.79 Å². The number of hydrogen-bond acceptors (Lipinski definition) is 2. The molecule has 0 fully saturated rings. The number of ether oxygens (including phenoxy) is 1. The predicted octanol–water partition coefficient (Wildman–Crippen LogP) is 1.07. The van der Waals surface area contributed by atoms with E-state index in [-0.39, 0.29) is 5.97 Å². The van der Waals surface area contributed by atoms with Crippen molar-refractivity contribution in [3.63, 3.8) is 0 Å². The fourth-order valence-corrected chi connectivity index (χ4v) is 5.64. The summed E-state index contributed by atoms with van der Waals surface area (Å²) < 4.78 is 4.79. The van der Waals surface area contributed by atoms with E-state index in [2.05, 4.69) is 26.9 Å². The Labute approximate surface area is 84.8 Å². The Morgan fingerprint density at radius 3 is 2.15 bits per heavy atom. The number of esters is 1. The molecule has 0 saturated heterocycles. The minimum Gasteiger partial charge on any atom is -0.466 e. The van der Waals surface area contributed by atoms with Gasteiger partial charge in [-0.3, -0.25) is 0 Å². The molecule has 0 aromatic rings. The van der Waals surface area contributed by atoms with Gasteiger partial charge in [-0.15, -0.1) is 0 Å². The van der Waals surface area contributed by atoms with Crippen LogP contribution in [-0.2, 0) is 9.53 Å². The molecule has 0 heterocycles. The van der Waals surface area contributed by atoms with E-state index < -0.39 is 8.07 Å². The topological polar surface area (TPSA) is 26.3 Å². The maximum atomic E-state index is 11.5. The molecule has 0 radical (unpaired) electrons. The molecule has 2 nitrogen and oxygen atoms in total. The number of methoxy groups -OCH3 is 1. The lowest BCUT2D eigenvalue weighted by Gasteiger charge is -2.28. The van der Waals surface area contributed by atoms with Crippen LogP contribution in [0.15, 0.2) is 10.9 Å². The molecule has 0 rings (SSSR count). The van der Waals surface area contributed by atoms with Crippen molar-refractivity contribution in [2.24, 2.45) is 0 Å². The summed E-state index contributed by atoms with van der Waals surface area (Å²) in [4.78, 5) is 11.5. The summed E-state index contributed by atoms with van der Waals surface area (Å²) >= 11 is 0. The predicted molar refractivity (Wildman–Crippen MR) is 62.6 cm³/mol. The van der Waals surface area contributed by atoms with Crippen LogP contribution in [0, 0.1) is 0 Å². The van der Waals surface area contributed by atoms with Gasteiger partial charge in [0.2, 0.25) is 0 Å². The van der Waals surface area contributed by atoms with E-state index in [1.165, 1.54) is 7.11 Å². The average molecular weight is 216 g/mol. The van der Waals surface area contributed by atoms with Crippen LogP contribution in [0.5, 0.6) is 0 Å². The smallest absolute Gasteiger partial charge is 0.328 e. The zero-order valence-electron chi connectivity index (χ0n) is 9.47. The van der Waals surface area contributed by atoms with Crippen molar-refractivity contribution in [2.45, 2.75) is 32.5 Å². The minimum atomic E-state index is -1.57. The molecule has 0 aliphatic rings. The van der Waals surface area contributed by atoms with E-state index in [0.29, 0.717) is 5.54 Å². The molecule has 4 heteroatoms. The summed E-state index contributed by atoms with van der Waals surface area (Å²) in [6, 6.07) is 0. The molecule has 0 saturated carbocycles. The second kappa shape index (κ2) is 4.76. The van der Waals surface area contributed by atoms with Crippen LogP contribution in [0.4, 0.5) is 0 Å². The van der Waals surface area contributed by atoms with E-state index in [0.717, 1.165) is 15.4 Å². The molecule has 0 aliphatic carbocycles. The Hall–Kier alpha value is -0.356. The maximum Gasteiger partial charge on any atom is 0.328 e. The summed E-state index contributed by atoms with van der Waals surface area (Å²) in [6.07, 6.45) is 0. The fraction of sp³-hybridized carbons (Fsp3) is 0.667. The third-order valence-electron chi connectivity index (χ3n) is 2.83. The van der Waals surface area contributed by atoms with Crippen molar-refractivity contribution in [1.29, 1.82) is 0 Å². The number of carbonyl (C=O) groups is 1. The normalized spacial score (nSPS) is 13.5. The van der Waals surface area contributed by atoms with Crippen LogP contribution in [0.2, 0.25) is 18.6 Å². The van der Waals surface area contributed by atoms with Gasteiger partial charge in [-0.2, -0.15) is 0 Å². The second-order valence-electron chi connectivity index (χ2n) is 4.07. The Morgan fingerprint density at radius 1 is 1.46 bits per heavy atom. The van der Waals surface area contributed by atoms with Gasteiger partial charge in [0.25, 0.3) is 0 Å². The molecule has 0 N–H and O–H groups in total. The molecule has 0 unspecified atom stereocenters. The molecule has 0 aromatic carbocycles. The Kier molecular flexibility index (Phi) is 4.63. The molecule has 0 amide bonds. The summed E-state index contributed by atoms with van der Waals surface area (Å²) in [5.41, 5.74) is 2.62. The van der Waals surface area contributed by atoms with Crippen molar-refractivity contribution in [3.05, 3.63) is 10.9 Å². The summed E-state index contributed by atoms with van der Waals surface area (Å²) in [6.45, 7) is 8.80. The Morgan fingerprint density at radius 2 is 1.92 bits per heavy atom. The van der Waals surface area contributed by atoms with E-state index >= 15 is 0 Å². The molecular weight excluding hydrogens is 196 g/mol. The zero-order valence-corrected chi connectivity index (χ0v) is 12.5. The zero-order chi connectivity index (χ0) is 10.6. The van der Waals surface area contributed by atoms with Gasteiger partial charge in [0, 0.05) is 15.4 Å². The minimum absolute atomic E-state index is 0.125. The summed E-state index contributed by atoms with van der Waals surface area (Å²) in [7, 11) is 0.807. The van der Waals surface area contributed by atoms with Gasteiger partial charge >= 0.3 is 5.97 Å². The van der Waals surface area contributed by atoms with Crippen molar-refractivity contribution in [3.8, 4) is 0 Å². The quantitative estimate of drug-likeness (QED) is 0.401. The molecular formula is C9H20O2Si2. The van der Waals surface area contributed by atoms with Crippen molar-refractivity contribution in [1.82, 2.24) is 0 Å². The molecule has 0 bridgehead atoms. The lowest BCUT2D eigenvalue weighted by Crippen LogP contribution is -2.37. The molecule has 0 atom stereocenters. The SMILES string of the molecule is COC(=O)C(=C[SiH3])[Si](C)(C)C(C)C. The third-order valence-corrected chi connectivity index (χ3v) is 8.75. The van der Waals surface area contributed by atoms with Gasteiger partial charge in [0.05, 0.1) is 15.2 Å². The number of hydrogen-bond donors (Lipinski definition) is 0. The second-order valence-corrected chi connectivity index (χ2v) is 9.78. The van der Waals surface area contributed by atoms with Crippen LogP contribution in [0.3, 0.4) is 0 Å². The Balaban J connectivity index is 4.90. The third kappa shape index (κ3) is 2.81. The standard InChI is InChI=1S/C9H20O2Si2/c1-7(2)13(4,5)8(6-12)9(10)11-3/h6-7H,1-5,12H3. The van der Waals surface area contributed by atoms with Crippen LogP contribution in [0.1, 0.15) is 13.8 Å². The van der Waals surface area contributed by atoms with Crippen LogP contribution >= 0.6 is 0 Å². The lowest BCUT2D eigenvalue weighted by molar-refractivity contribution is -0.135. The van der Waals surface area contributed by atoms with Crippen LogP contribution in [0.25, 0.3) is 0 Å². The van der Waals surface area contributed by atoms with Gasteiger partial charge in [0.1, 0.15) is 0 Å². The highest BCUT2D eigenvalue weighted by atomic mass is 28.3. The average Bonchev–Trinajstić information content (AvgIpc) is 2.04. The fourth-order valence-electron chi connectivity index (χ4n) is 1.17. The first-order valence-corrected chi connectivity index (χ1v) is 8.86. The largest absolute Gasteiger partial charge is 0.466 e. The maximum absolute atomic E-state index is 11.5. The van der Waals surface area contributed by atoms with Crippen molar-refractivity contribution < 1.29 is 9.53 Å². The van der Waals surface area contributed by atoms with Gasteiger partial charge in [-0.05, 0) is 5.54 Å². The van der Waals surface area contributed by atoms with E-state index in [1.807, 2.05) is 5.70 Å². The molecule has 0 aromatic heterocycles. The molecule has 0 spiro atoms. The van der Waals surface area contributed by atoms with Crippen molar-refractivity contribution in [2.75, 3.05) is 7.11 Å². The summed E-state index contributed by atoms with van der Waals surface area (Å²) in [5.74, 6) is -0.125. The highest BCUT2D eigenvalue weighted by Gasteiger charge is 2.33. The van der Waals surface area contributed by atoms with Gasteiger partial charge < -0.3 is 4.74 Å². The van der Waals surface area contributed by atoms with Crippen LogP contribution < -0.4 is 0 Å². The number of carbonyl (C=O) groups excluding carboxylic acids is 1. The van der Waals surface area contributed by atoms with E-state index in [4.69, 9.17) is 4.74 Å². The van der Waals surface area contributed by atoms with Crippen molar-refractivity contribution >= 4 is 24.3 Å². The van der Waals surface area contributed by atoms with Gasteiger partial charge in [-0.1, -0.05) is 32.6 Å². The van der Waals surface area contributed by atoms with Gasteiger partial charge in [0.15, 0.2) is 0 Å². The molecule has 76 valence electrons. The molecule has 0 aliphatic heterocycles. The highest BCUT2D eigenvalue weighted by Crippen LogP contribution is 2.28. The number of rotatable bonds is 3. The lowest BCUT2D eigenvalue weighted by atomic mass is 10.6.